The van der Waals surface area contributed by atoms with E-state index in [9.17, 15) is 0 Å². The Morgan fingerprint density at radius 3 is 3.05 bits per heavy atom. The third kappa shape index (κ3) is 3.38. The van der Waals surface area contributed by atoms with Crippen LogP contribution >= 0.6 is 0 Å². The van der Waals surface area contributed by atoms with Gasteiger partial charge in [-0.1, -0.05) is 11.2 Å². The lowest BCUT2D eigenvalue weighted by Gasteiger charge is -2.11. The van der Waals surface area contributed by atoms with Crippen LogP contribution in [0.15, 0.2) is 35.6 Å². The van der Waals surface area contributed by atoms with Crippen molar-refractivity contribution in [3.8, 4) is 5.75 Å². The zero-order chi connectivity index (χ0) is 14.4. The molecule has 1 heterocycles. The first-order valence-corrected chi connectivity index (χ1v) is 6.58. The van der Waals surface area contributed by atoms with E-state index >= 15 is 0 Å². The van der Waals surface area contributed by atoms with Crippen molar-refractivity contribution in [2.45, 2.75) is 19.8 Å². The summed E-state index contributed by atoms with van der Waals surface area (Å²) in [5.41, 5.74) is 2.62. The van der Waals surface area contributed by atoms with Crippen LogP contribution in [0.4, 0.5) is 5.69 Å². The van der Waals surface area contributed by atoms with Gasteiger partial charge in [-0.05, 0) is 31.9 Å². The highest BCUT2D eigenvalue weighted by Crippen LogP contribution is 2.27. The molecule has 2 aromatic rings. The van der Waals surface area contributed by atoms with Gasteiger partial charge in [-0.15, -0.1) is 0 Å². The van der Waals surface area contributed by atoms with Crippen LogP contribution in [0.2, 0.25) is 0 Å². The van der Waals surface area contributed by atoms with Crippen LogP contribution in [-0.2, 0) is 0 Å². The van der Waals surface area contributed by atoms with Gasteiger partial charge in [0.15, 0.2) is 0 Å². The Balaban J connectivity index is 2.12. The molecule has 106 valence electrons. The Kier molecular flexibility index (Phi) is 4.76. The lowest BCUT2D eigenvalue weighted by atomic mass is 10.1. The number of oxime groups is 1. The Bertz CT molecular complexity index is 611. The summed E-state index contributed by atoms with van der Waals surface area (Å²) in [6.45, 7) is 2.59. The van der Waals surface area contributed by atoms with E-state index in [1.54, 1.807) is 13.3 Å². The SMILES string of the molecule is COc1cc(NCCC/C(C)=N/O)c2ncccc2c1. The number of hydrogen-bond donors (Lipinski definition) is 2. The highest BCUT2D eigenvalue weighted by molar-refractivity contribution is 5.91. The fourth-order valence-corrected chi connectivity index (χ4v) is 2.03. The Labute approximate surface area is 118 Å². The molecular weight excluding hydrogens is 254 g/mol. The quantitative estimate of drug-likeness (QED) is 0.367. The van der Waals surface area contributed by atoms with E-state index < -0.39 is 0 Å². The van der Waals surface area contributed by atoms with Gasteiger partial charge in [0.05, 0.1) is 24.0 Å². The summed E-state index contributed by atoms with van der Waals surface area (Å²) in [4.78, 5) is 4.40. The van der Waals surface area contributed by atoms with E-state index in [-0.39, 0.29) is 0 Å². The molecule has 0 unspecified atom stereocenters. The fourth-order valence-electron chi connectivity index (χ4n) is 2.03. The van der Waals surface area contributed by atoms with Gasteiger partial charge in [-0.3, -0.25) is 4.98 Å². The van der Waals surface area contributed by atoms with Crippen LogP contribution in [0.5, 0.6) is 5.75 Å². The Morgan fingerprint density at radius 2 is 2.30 bits per heavy atom. The maximum absolute atomic E-state index is 8.60. The second-order valence-electron chi connectivity index (χ2n) is 4.62. The third-order valence-corrected chi connectivity index (χ3v) is 3.12. The number of hydrogen-bond acceptors (Lipinski definition) is 5. The Hall–Kier alpha value is -2.30. The van der Waals surface area contributed by atoms with Crippen LogP contribution < -0.4 is 10.1 Å². The van der Waals surface area contributed by atoms with E-state index in [0.717, 1.165) is 47.4 Å². The van der Waals surface area contributed by atoms with Gasteiger partial charge in [0.1, 0.15) is 5.75 Å². The average Bonchev–Trinajstić information content (AvgIpc) is 2.50. The smallest absolute Gasteiger partial charge is 0.121 e. The van der Waals surface area contributed by atoms with E-state index in [1.165, 1.54) is 0 Å². The summed E-state index contributed by atoms with van der Waals surface area (Å²) in [6, 6.07) is 7.84. The molecule has 0 fully saturated rings. The second kappa shape index (κ2) is 6.75. The number of methoxy groups -OCH3 is 1. The molecular formula is C15H19N3O2. The van der Waals surface area contributed by atoms with Gasteiger partial charge in [0.25, 0.3) is 0 Å². The van der Waals surface area contributed by atoms with Gasteiger partial charge < -0.3 is 15.3 Å². The summed E-state index contributed by atoms with van der Waals surface area (Å²) >= 11 is 0. The van der Waals surface area contributed by atoms with Crippen LogP contribution in [0.1, 0.15) is 19.8 Å². The highest BCUT2D eigenvalue weighted by atomic mass is 16.5. The highest BCUT2D eigenvalue weighted by Gasteiger charge is 2.05. The van der Waals surface area contributed by atoms with Crippen molar-refractivity contribution in [2.75, 3.05) is 19.0 Å². The largest absolute Gasteiger partial charge is 0.497 e. The van der Waals surface area contributed by atoms with Crippen LogP contribution in [-0.4, -0.2) is 29.6 Å². The van der Waals surface area contributed by atoms with Gasteiger partial charge >= 0.3 is 0 Å². The molecule has 0 amide bonds. The molecule has 0 aliphatic rings. The molecule has 20 heavy (non-hydrogen) atoms. The number of anilines is 1. The van der Waals surface area contributed by atoms with E-state index in [2.05, 4.69) is 15.5 Å². The molecule has 5 heteroatoms. The molecule has 0 bridgehead atoms. The predicted octanol–water partition coefficient (Wildman–Crippen LogP) is 3.29. The minimum absolute atomic E-state index is 0.737. The van der Waals surface area contributed by atoms with Crippen LogP contribution in [0.25, 0.3) is 10.9 Å². The predicted molar refractivity (Wildman–Crippen MR) is 80.9 cm³/mol. The van der Waals surface area contributed by atoms with Crippen molar-refractivity contribution >= 4 is 22.3 Å². The maximum Gasteiger partial charge on any atom is 0.121 e. The Morgan fingerprint density at radius 1 is 1.45 bits per heavy atom. The number of ether oxygens (including phenoxy) is 1. The lowest BCUT2D eigenvalue weighted by Crippen LogP contribution is -2.05. The number of benzene rings is 1. The second-order valence-corrected chi connectivity index (χ2v) is 4.62. The molecule has 2 N–H and O–H groups in total. The monoisotopic (exact) mass is 273 g/mol. The molecule has 0 spiro atoms. The zero-order valence-electron chi connectivity index (χ0n) is 11.8. The van der Waals surface area contributed by atoms with Gasteiger partial charge in [-0.2, -0.15) is 0 Å². The third-order valence-electron chi connectivity index (χ3n) is 3.12. The maximum atomic E-state index is 8.60. The van der Waals surface area contributed by atoms with Gasteiger partial charge in [0, 0.05) is 24.2 Å². The molecule has 2 rings (SSSR count). The van der Waals surface area contributed by atoms with Crippen molar-refractivity contribution < 1.29 is 9.94 Å². The zero-order valence-corrected chi connectivity index (χ0v) is 11.8. The van der Waals surface area contributed by atoms with Crippen molar-refractivity contribution in [1.29, 1.82) is 0 Å². The molecule has 0 aliphatic carbocycles. The molecule has 0 saturated carbocycles. The standard InChI is InChI=1S/C15H19N3O2/c1-11(18-19)5-3-7-16-14-10-13(20-2)9-12-6-4-8-17-15(12)14/h4,6,8-10,16,19H,3,5,7H2,1-2H3/b18-11+. The van der Waals surface area contributed by atoms with Crippen molar-refractivity contribution in [3.05, 3.63) is 30.5 Å². The van der Waals surface area contributed by atoms with Crippen molar-refractivity contribution in [2.24, 2.45) is 5.16 Å². The first-order chi connectivity index (χ1) is 9.74. The van der Waals surface area contributed by atoms with E-state index in [1.807, 2.05) is 31.2 Å². The number of nitrogens with one attached hydrogen (secondary N) is 1. The summed E-state index contributed by atoms with van der Waals surface area (Å²) in [6.07, 6.45) is 3.43. The number of nitrogens with zero attached hydrogens (tertiary/aromatic N) is 2. The number of fused-ring (bicyclic) bond motifs is 1. The normalized spacial score (nSPS) is 11.6. The number of pyridine rings is 1. The van der Waals surface area contributed by atoms with E-state index in [0.29, 0.717) is 0 Å². The van der Waals surface area contributed by atoms with Gasteiger partial charge in [-0.25, -0.2) is 0 Å². The van der Waals surface area contributed by atoms with Crippen LogP contribution in [0, 0.1) is 0 Å². The summed E-state index contributed by atoms with van der Waals surface area (Å²) < 4.78 is 5.30. The minimum atomic E-state index is 0.737. The molecule has 0 radical (unpaired) electrons. The van der Waals surface area contributed by atoms with Crippen LogP contribution in [0.3, 0.4) is 0 Å². The molecule has 0 atom stereocenters. The van der Waals surface area contributed by atoms with Crippen molar-refractivity contribution in [1.82, 2.24) is 4.98 Å². The first-order valence-electron chi connectivity index (χ1n) is 6.58. The first kappa shape index (κ1) is 14.1. The molecule has 1 aromatic heterocycles. The van der Waals surface area contributed by atoms with E-state index in [4.69, 9.17) is 9.94 Å². The number of aromatic nitrogens is 1. The molecule has 0 aliphatic heterocycles. The number of rotatable bonds is 6. The average molecular weight is 273 g/mol. The molecule has 5 nitrogen and oxygen atoms in total. The fraction of sp³-hybridized carbons (Fsp3) is 0.333. The molecule has 0 saturated heterocycles. The summed E-state index contributed by atoms with van der Waals surface area (Å²) in [5, 5.41) is 16.2. The summed E-state index contributed by atoms with van der Waals surface area (Å²) in [7, 11) is 1.66. The topological polar surface area (TPSA) is 66.7 Å². The van der Waals surface area contributed by atoms with Crippen molar-refractivity contribution in [3.63, 3.8) is 0 Å². The molecule has 1 aromatic carbocycles. The lowest BCUT2D eigenvalue weighted by molar-refractivity contribution is 0.317. The summed E-state index contributed by atoms with van der Waals surface area (Å²) in [5.74, 6) is 0.807. The minimum Gasteiger partial charge on any atom is -0.497 e. The van der Waals surface area contributed by atoms with Gasteiger partial charge in [0.2, 0.25) is 0 Å².